The highest BCUT2D eigenvalue weighted by Gasteiger charge is 2.25. The largest absolute Gasteiger partial charge is 0.480 e. The van der Waals surface area contributed by atoms with Gasteiger partial charge in [-0.15, -0.1) is 0 Å². The Morgan fingerprint density at radius 3 is 2.11 bits per heavy atom. The Bertz CT molecular complexity index is 707. The van der Waals surface area contributed by atoms with E-state index in [2.05, 4.69) is 5.32 Å². The van der Waals surface area contributed by atoms with Gasteiger partial charge in [0.25, 0.3) is 5.91 Å². The molecule has 0 bridgehead atoms. The quantitative estimate of drug-likeness (QED) is 0.476. The number of carboxylic acid groups (broad SMARTS) is 1. The van der Waals surface area contributed by atoms with Crippen LogP contribution in [0.4, 0.5) is 0 Å². The average Bonchev–Trinajstić information content (AvgIpc) is 2.65. The first kappa shape index (κ1) is 24.0. The fourth-order valence-corrected chi connectivity index (χ4v) is 4.19. The minimum Gasteiger partial charge on any atom is -0.480 e. The molecule has 156 valence electrons. The Morgan fingerprint density at radius 2 is 1.64 bits per heavy atom. The zero-order valence-electron chi connectivity index (χ0n) is 16.5. The molecule has 2 N–H and O–H groups in total. The van der Waals surface area contributed by atoms with E-state index in [9.17, 15) is 24.1 Å². The number of aliphatic carboxylic acids is 1. The molecule has 0 aliphatic rings. The normalized spacial score (nSPS) is 12.4. The number of amides is 1. The lowest BCUT2D eigenvalue weighted by Gasteiger charge is -2.17. The summed E-state index contributed by atoms with van der Waals surface area (Å²) in [6, 6.07) is 5.14. The van der Waals surface area contributed by atoms with Gasteiger partial charge < -0.3 is 19.5 Å². The van der Waals surface area contributed by atoms with Crippen molar-refractivity contribution in [2.24, 2.45) is 0 Å². The van der Waals surface area contributed by atoms with Gasteiger partial charge in [0.15, 0.2) is 0 Å². The lowest BCUT2D eigenvalue weighted by Crippen LogP contribution is -2.41. The van der Waals surface area contributed by atoms with Crippen LogP contribution in [0, 0.1) is 0 Å². The first-order valence-corrected chi connectivity index (χ1v) is 11.0. The Morgan fingerprint density at radius 1 is 1.07 bits per heavy atom. The predicted octanol–water partition coefficient (Wildman–Crippen LogP) is 3.40. The third-order valence-corrected chi connectivity index (χ3v) is 6.01. The van der Waals surface area contributed by atoms with Gasteiger partial charge in [0, 0.05) is 18.4 Å². The van der Waals surface area contributed by atoms with Gasteiger partial charge in [-0.3, -0.25) is 14.2 Å². The van der Waals surface area contributed by atoms with Gasteiger partial charge in [0.2, 0.25) is 0 Å². The highest BCUT2D eigenvalue weighted by atomic mass is 31.2. The lowest BCUT2D eigenvalue weighted by atomic mass is 10.1. The van der Waals surface area contributed by atoms with Crippen LogP contribution in [-0.4, -0.2) is 42.0 Å². The molecule has 0 radical (unpaired) electrons. The maximum absolute atomic E-state index is 12.6. The maximum Gasteiger partial charge on any atom is 0.335 e. The number of rotatable bonds is 13. The monoisotopic (exact) mass is 413 g/mol. The minimum atomic E-state index is -3.25. The molecule has 0 aromatic heterocycles. The van der Waals surface area contributed by atoms with E-state index in [1.165, 1.54) is 12.1 Å². The average molecular weight is 413 g/mol. The number of benzene rings is 1. The van der Waals surface area contributed by atoms with Gasteiger partial charge in [-0.25, -0.2) is 4.79 Å². The maximum atomic E-state index is 12.6. The number of hydrogen-bond acceptors (Lipinski definition) is 6. The first-order valence-electron chi connectivity index (χ1n) is 9.27. The molecular formula is C19H28NO7P. The van der Waals surface area contributed by atoms with Gasteiger partial charge in [0.1, 0.15) is 11.8 Å². The fraction of sp³-hybridized carbons (Fsp3) is 0.526. The van der Waals surface area contributed by atoms with Crippen LogP contribution in [-0.2, 0) is 29.4 Å². The predicted molar refractivity (Wildman–Crippen MR) is 104 cm³/mol. The standard InChI is InChI=1S/C19H28NO7P/c1-4-16(21)11-12-17(19(23)24)20-18(22)15-9-7-14(8-10-15)13-28(25,26-5-2)27-6-3/h7-10,17H,4-6,11-13H2,1-3H3,(H,20,22)(H,23,24)/t17-/m1/s1. The summed E-state index contributed by atoms with van der Waals surface area (Å²) < 4.78 is 23.1. The molecule has 0 aliphatic carbocycles. The van der Waals surface area contributed by atoms with Crippen molar-refractivity contribution in [3.05, 3.63) is 35.4 Å². The van der Waals surface area contributed by atoms with Crippen molar-refractivity contribution in [1.82, 2.24) is 5.32 Å². The van der Waals surface area contributed by atoms with Crippen molar-refractivity contribution in [3.63, 3.8) is 0 Å². The zero-order chi connectivity index (χ0) is 21.2. The van der Waals surface area contributed by atoms with E-state index in [1.54, 1.807) is 32.9 Å². The van der Waals surface area contributed by atoms with Crippen molar-refractivity contribution in [1.29, 1.82) is 0 Å². The van der Waals surface area contributed by atoms with Crippen LogP contribution in [0.2, 0.25) is 0 Å². The SMILES string of the molecule is CCOP(=O)(Cc1ccc(C(=O)N[C@H](CCC(=O)CC)C(=O)O)cc1)OCC. The van der Waals surface area contributed by atoms with Crippen LogP contribution >= 0.6 is 7.60 Å². The molecule has 1 rings (SSSR count). The molecule has 0 spiro atoms. The van der Waals surface area contributed by atoms with Crippen LogP contribution in [0.1, 0.15) is 56.0 Å². The number of carbonyl (C=O) groups excluding carboxylic acids is 2. The van der Waals surface area contributed by atoms with Crippen molar-refractivity contribution in [3.8, 4) is 0 Å². The van der Waals surface area contributed by atoms with Crippen molar-refractivity contribution in [2.45, 2.75) is 52.2 Å². The highest BCUT2D eigenvalue weighted by molar-refractivity contribution is 7.53. The Kier molecular flexibility index (Phi) is 10.1. The smallest absolute Gasteiger partial charge is 0.335 e. The summed E-state index contributed by atoms with van der Waals surface area (Å²) in [4.78, 5) is 35.0. The van der Waals surface area contributed by atoms with E-state index in [4.69, 9.17) is 9.05 Å². The summed E-state index contributed by atoms with van der Waals surface area (Å²) in [6.07, 6.45) is 0.539. The van der Waals surface area contributed by atoms with Crippen LogP contribution < -0.4 is 5.32 Å². The fourth-order valence-electron chi connectivity index (χ4n) is 2.49. The second-order valence-electron chi connectivity index (χ2n) is 6.10. The van der Waals surface area contributed by atoms with E-state index in [-0.39, 0.29) is 43.6 Å². The summed E-state index contributed by atoms with van der Waals surface area (Å²) in [5.41, 5.74) is 0.935. The molecule has 0 saturated carbocycles. The van der Waals surface area contributed by atoms with Crippen molar-refractivity contribution in [2.75, 3.05) is 13.2 Å². The Hall–Kier alpha value is -2.02. The number of ketones is 1. The molecular weight excluding hydrogens is 385 g/mol. The van der Waals surface area contributed by atoms with Crippen molar-refractivity contribution >= 4 is 25.3 Å². The molecule has 1 aromatic carbocycles. The summed E-state index contributed by atoms with van der Waals surface area (Å²) in [7, 11) is -3.25. The number of nitrogens with one attached hydrogen (secondary N) is 1. The summed E-state index contributed by atoms with van der Waals surface area (Å²) in [5.74, 6) is -1.80. The van der Waals surface area contributed by atoms with Crippen LogP contribution in [0.3, 0.4) is 0 Å². The molecule has 0 saturated heterocycles. The summed E-state index contributed by atoms with van der Waals surface area (Å²) in [6.45, 7) is 5.68. The third-order valence-electron chi connectivity index (χ3n) is 3.95. The second kappa shape index (κ2) is 11.7. The van der Waals surface area contributed by atoms with Crippen LogP contribution in [0.25, 0.3) is 0 Å². The first-order chi connectivity index (χ1) is 13.2. The van der Waals surface area contributed by atoms with Gasteiger partial charge in [0.05, 0.1) is 19.4 Å². The van der Waals surface area contributed by atoms with Gasteiger partial charge in [-0.1, -0.05) is 19.1 Å². The molecule has 1 amide bonds. The van der Waals surface area contributed by atoms with Crippen molar-refractivity contribution < 1.29 is 33.1 Å². The molecule has 8 nitrogen and oxygen atoms in total. The van der Waals surface area contributed by atoms with E-state index >= 15 is 0 Å². The van der Waals surface area contributed by atoms with E-state index < -0.39 is 25.5 Å². The Balaban J connectivity index is 2.77. The molecule has 0 aliphatic heterocycles. The van der Waals surface area contributed by atoms with Gasteiger partial charge >= 0.3 is 13.6 Å². The number of hydrogen-bond donors (Lipinski definition) is 2. The van der Waals surface area contributed by atoms with Crippen LogP contribution in [0.5, 0.6) is 0 Å². The molecule has 0 heterocycles. The zero-order valence-corrected chi connectivity index (χ0v) is 17.4. The van der Waals surface area contributed by atoms with E-state index in [0.717, 1.165) is 0 Å². The number of carbonyl (C=O) groups is 3. The molecule has 9 heteroatoms. The second-order valence-corrected chi connectivity index (χ2v) is 8.15. The molecule has 0 fully saturated rings. The summed E-state index contributed by atoms with van der Waals surface area (Å²) >= 11 is 0. The molecule has 0 unspecified atom stereocenters. The minimum absolute atomic E-state index is 0.0394. The topological polar surface area (TPSA) is 119 Å². The molecule has 1 atom stereocenters. The number of Topliss-reactive ketones (excluding diaryl/α,β-unsaturated/α-hetero) is 1. The molecule has 28 heavy (non-hydrogen) atoms. The highest BCUT2D eigenvalue weighted by Crippen LogP contribution is 2.51. The van der Waals surface area contributed by atoms with Crippen LogP contribution in [0.15, 0.2) is 24.3 Å². The third kappa shape index (κ3) is 7.92. The molecule has 1 aromatic rings. The van der Waals surface area contributed by atoms with Gasteiger partial charge in [-0.2, -0.15) is 0 Å². The Labute approximate surface area is 165 Å². The van der Waals surface area contributed by atoms with E-state index in [1.807, 2.05) is 0 Å². The summed E-state index contributed by atoms with van der Waals surface area (Å²) in [5, 5.41) is 11.7. The lowest BCUT2D eigenvalue weighted by molar-refractivity contribution is -0.139. The number of carboxylic acids is 1. The van der Waals surface area contributed by atoms with Gasteiger partial charge in [-0.05, 0) is 38.0 Å². The van der Waals surface area contributed by atoms with E-state index in [0.29, 0.717) is 12.0 Å².